The van der Waals surface area contributed by atoms with Crippen molar-refractivity contribution in [3.63, 3.8) is 0 Å². The molecule has 2 saturated heterocycles. The molecule has 0 saturated carbocycles. The SMILES string of the molecule is O[C@@H]1[C@@H](O)[C@@H](O)N2C(=S)OCC2[C@H]1O. The van der Waals surface area contributed by atoms with Gasteiger partial charge in [-0.05, 0) is 12.2 Å². The third-order valence-electron chi connectivity index (χ3n) is 2.63. The van der Waals surface area contributed by atoms with Crippen molar-refractivity contribution in [1.82, 2.24) is 4.90 Å². The number of hydrogen-bond acceptors (Lipinski definition) is 6. The third-order valence-corrected chi connectivity index (χ3v) is 2.96. The summed E-state index contributed by atoms with van der Waals surface area (Å²) in [6, 6.07) is -0.587. The molecule has 0 aromatic carbocycles. The Labute approximate surface area is 85.3 Å². The minimum Gasteiger partial charge on any atom is -0.469 e. The van der Waals surface area contributed by atoms with E-state index in [1.54, 1.807) is 0 Å². The molecule has 2 aliphatic heterocycles. The summed E-state index contributed by atoms with van der Waals surface area (Å²) in [6.45, 7) is 0.112. The standard InChI is InChI=1S/C7H11NO5S/c9-3-2-1-13-7(14)8(2)6(12)5(11)4(3)10/h2-6,9-12H,1H2/t2?,3-,4+,5-,6-/m1/s1. The maximum absolute atomic E-state index is 9.55. The van der Waals surface area contributed by atoms with Crippen LogP contribution in [0, 0.1) is 0 Å². The van der Waals surface area contributed by atoms with E-state index in [2.05, 4.69) is 0 Å². The van der Waals surface area contributed by atoms with Crippen molar-refractivity contribution in [2.45, 2.75) is 30.6 Å². The Hall–Kier alpha value is -0.470. The number of rotatable bonds is 0. The zero-order chi connectivity index (χ0) is 10.5. The molecule has 0 aromatic heterocycles. The number of aliphatic hydroxyl groups is 4. The van der Waals surface area contributed by atoms with Crippen molar-refractivity contribution in [1.29, 1.82) is 0 Å². The number of piperidine rings is 1. The second-order valence-electron chi connectivity index (χ2n) is 3.44. The summed E-state index contributed by atoms with van der Waals surface area (Å²) < 4.78 is 4.95. The second-order valence-corrected chi connectivity index (χ2v) is 3.79. The van der Waals surface area contributed by atoms with Gasteiger partial charge in [0.2, 0.25) is 0 Å². The highest BCUT2D eigenvalue weighted by atomic mass is 32.1. The van der Waals surface area contributed by atoms with Crippen LogP contribution in [0.3, 0.4) is 0 Å². The molecule has 1 unspecified atom stereocenters. The molecule has 4 N–H and O–H groups in total. The molecule has 2 fully saturated rings. The Morgan fingerprint density at radius 2 is 1.79 bits per heavy atom. The topological polar surface area (TPSA) is 93.4 Å². The lowest BCUT2D eigenvalue weighted by molar-refractivity contribution is -0.190. The molecule has 0 aromatic rings. The predicted molar refractivity (Wildman–Crippen MR) is 48.2 cm³/mol. The summed E-state index contributed by atoms with van der Waals surface area (Å²) >= 11 is 4.78. The Bertz CT molecular complexity index is 262. The van der Waals surface area contributed by atoms with Gasteiger partial charge >= 0.3 is 0 Å². The van der Waals surface area contributed by atoms with Gasteiger partial charge in [-0.1, -0.05) is 0 Å². The molecule has 7 heteroatoms. The van der Waals surface area contributed by atoms with E-state index in [-0.39, 0.29) is 11.8 Å². The van der Waals surface area contributed by atoms with Crippen molar-refractivity contribution in [2.75, 3.05) is 6.61 Å². The van der Waals surface area contributed by atoms with Crippen LogP contribution in [0.1, 0.15) is 0 Å². The van der Waals surface area contributed by atoms with Crippen LogP contribution in [0.15, 0.2) is 0 Å². The monoisotopic (exact) mass is 221 g/mol. The highest BCUT2D eigenvalue weighted by Gasteiger charge is 2.51. The van der Waals surface area contributed by atoms with Crippen molar-refractivity contribution < 1.29 is 25.2 Å². The molecule has 2 heterocycles. The maximum atomic E-state index is 9.55. The van der Waals surface area contributed by atoms with Gasteiger partial charge < -0.3 is 25.2 Å². The molecular weight excluding hydrogens is 210 g/mol. The Morgan fingerprint density at radius 3 is 2.43 bits per heavy atom. The number of fused-ring (bicyclic) bond motifs is 1. The molecular formula is C7H11NO5S. The Kier molecular flexibility index (Phi) is 2.36. The van der Waals surface area contributed by atoms with Crippen LogP contribution >= 0.6 is 12.2 Å². The van der Waals surface area contributed by atoms with E-state index in [0.717, 1.165) is 0 Å². The summed E-state index contributed by atoms with van der Waals surface area (Å²) in [5.41, 5.74) is 0. The lowest BCUT2D eigenvalue weighted by Gasteiger charge is -2.42. The second kappa shape index (κ2) is 3.28. The summed E-state index contributed by atoms with van der Waals surface area (Å²) in [4.78, 5) is 1.21. The smallest absolute Gasteiger partial charge is 0.261 e. The molecule has 0 spiro atoms. The summed E-state index contributed by atoms with van der Waals surface area (Å²) in [7, 11) is 0. The fourth-order valence-corrected chi connectivity index (χ4v) is 2.10. The van der Waals surface area contributed by atoms with E-state index < -0.39 is 30.6 Å². The van der Waals surface area contributed by atoms with Gasteiger partial charge in [0.05, 0.1) is 6.04 Å². The number of thiocarbonyl (C=S) groups is 1. The van der Waals surface area contributed by atoms with Gasteiger partial charge in [-0.15, -0.1) is 0 Å². The van der Waals surface area contributed by atoms with Gasteiger partial charge in [0, 0.05) is 0 Å². The van der Waals surface area contributed by atoms with E-state index in [4.69, 9.17) is 17.0 Å². The van der Waals surface area contributed by atoms with E-state index in [1.807, 2.05) is 0 Å². The van der Waals surface area contributed by atoms with Crippen molar-refractivity contribution in [2.24, 2.45) is 0 Å². The van der Waals surface area contributed by atoms with Gasteiger partial charge in [0.1, 0.15) is 24.9 Å². The van der Waals surface area contributed by atoms with Gasteiger partial charge in [-0.25, -0.2) is 0 Å². The molecule has 2 rings (SSSR count). The van der Waals surface area contributed by atoms with Crippen LogP contribution in [0.2, 0.25) is 0 Å². The molecule has 0 amide bonds. The molecule has 2 aliphatic rings. The van der Waals surface area contributed by atoms with Crippen LogP contribution in [0.25, 0.3) is 0 Å². The molecule has 0 aliphatic carbocycles. The summed E-state index contributed by atoms with van der Waals surface area (Å²) in [5, 5.41) is 37.9. The number of aliphatic hydroxyl groups excluding tert-OH is 4. The largest absolute Gasteiger partial charge is 0.469 e. The Morgan fingerprint density at radius 1 is 1.14 bits per heavy atom. The van der Waals surface area contributed by atoms with Gasteiger partial charge in [-0.2, -0.15) is 0 Å². The van der Waals surface area contributed by atoms with E-state index in [9.17, 15) is 20.4 Å². The van der Waals surface area contributed by atoms with Crippen molar-refractivity contribution in [3.05, 3.63) is 0 Å². The molecule has 0 radical (unpaired) electrons. The van der Waals surface area contributed by atoms with E-state index in [1.165, 1.54) is 4.90 Å². The van der Waals surface area contributed by atoms with Gasteiger partial charge in [-0.3, -0.25) is 4.90 Å². The van der Waals surface area contributed by atoms with Crippen molar-refractivity contribution >= 4 is 17.4 Å². The van der Waals surface area contributed by atoms with Crippen LogP contribution in [-0.2, 0) is 4.74 Å². The van der Waals surface area contributed by atoms with Gasteiger partial charge in [0.15, 0.2) is 6.23 Å². The average Bonchev–Trinajstić information content (AvgIpc) is 2.54. The minimum absolute atomic E-state index is 0.0347. The molecule has 6 nitrogen and oxygen atoms in total. The maximum Gasteiger partial charge on any atom is 0.261 e. The lowest BCUT2D eigenvalue weighted by Crippen LogP contribution is -2.65. The number of hydrogen-bond donors (Lipinski definition) is 4. The van der Waals surface area contributed by atoms with E-state index >= 15 is 0 Å². The number of ether oxygens (including phenoxy) is 1. The summed E-state index contributed by atoms with van der Waals surface area (Å²) in [5.74, 6) is 0. The first kappa shape index (κ1) is 10.1. The highest BCUT2D eigenvalue weighted by Crippen LogP contribution is 2.28. The van der Waals surface area contributed by atoms with Crippen LogP contribution in [0.5, 0.6) is 0 Å². The van der Waals surface area contributed by atoms with Crippen molar-refractivity contribution in [3.8, 4) is 0 Å². The number of nitrogens with zero attached hydrogens (tertiary/aromatic N) is 1. The first-order valence-corrected chi connectivity index (χ1v) is 4.62. The Balaban J connectivity index is 2.27. The van der Waals surface area contributed by atoms with Gasteiger partial charge in [0.25, 0.3) is 5.17 Å². The molecule has 14 heavy (non-hydrogen) atoms. The van der Waals surface area contributed by atoms with E-state index in [0.29, 0.717) is 0 Å². The summed E-state index contributed by atoms with van der Waals surface area (Å²) in [6.07, 6.45) is -5.32. The molecule has 5 atom stereocenters. The lowest BCUT2D eigenvalue weighted by atomic mass is 9.94. The fraction of sp³-hybridized carbons (Fsp3) is 0.857. The highest BCUT2D eigenvalue weighted by molar-refractivity contribution is 7.80. The average molecular weight is 221 g/mol. The fourth-order valence-electron chi connectivity index (χ4n) is 1.78. The van der Waals surface area contributed by atoms with Crippen LogP contribution in [-0.4, -0.2) is 67.7 Å². The zero-order valence-corrected chi connectivity index (χ0v) is 7.96. The third kappa shape index (κ3) is 1.21. The molecule has 80 valence electrons. The zero-order valence-electron chi connectivity index (χ0n) is 7.15. The normalized spacial score (nSPS) is 47.6. The quantitative estimate of drug-likeness (QED) is 0.333. The first-order valence-electron chi connectivity index (χ1n) is 4.21. The minimum atomic E-state index is -1.44. The van der Waals surface area contributed by atoms with Crippen LogP contribution < -0.4 is 0 Å². The predicted octanol–water partition coefficient (Wildman–Crippen LogP) is -2.61. The molecule has 0 bridgehead atoms. The first-order chi connectivity index (χ1) is 6.54. The van der Waals surface area contributed by atoms with Crippen LogP contribution in [0.4, 0.5) is 0 Å².